The Balaban J connectivity index is 1.82. The van der Waals surface area contributed by atoms with E-state index >= 15 is 0 Å². The number of aromatic nitrogens is 1. The van der Waals surface area contributed by atoms with Crippen molar-refractivity contribution in [3.05, 3.63) is 41.6 Å². The molecule has 0 saturated carbocycles. The van der Waals surface area contributed by atoms with Gasteiger partial charge in [-0.1, -0.05) is 18.2 Å². The summed E-state index contributed by atoms with van der Waals surface area (Å²) in [5.74, 6) is 0. The van der Waals surface area contributed by atoms with E-state index in [4.69, 9.17) is 0 Å². The van der Waals surface area contributed by atoms with Crippen molar-refractivity contribution in [2.75, 3.05) is 11.9 Å². The maximum Gasteiger partial charge on any atom is 0.389 e. The van der Waals surface area contributed by atoms with Crippen molar-refractivity contribution < 1.29 is 26.3 Å². The number of aryl methyl sites for hydroxylation is 1. The molecule has 1 aliphatic heterocycles. The van der Waals surface area contributed by atoms with Gasteiger partial charge in [-0.15, -0.1) is 0 Å². The van der Waals surface area contributed by atoms with Crippen molar-refractivity contribution in [3.8, 4) is 0 Å². The minimum absolute atomic E-state index is 0.00424. The standard InChI is InChI=1S/C20H20F6N2/c21-19(22,23)9-1-3-13-7-11-27-17-15(13)5-6-16-14(8-12-28-18(16)17)4-2-10-20(24,25)26/h5-8,11,28H,1-4,9-10,12H2. The zero-order valence-corrected chi connectivity index (χ0v) is 15.1. The van der Waals surface area contributed by atoms with Crippen molar-refractivity contribution in [1.82, 2.24) is 4.98 Å². The van der Waals surface area contributed by atoms with Crippen molar-refractivity contribution in [1.29, 1.82) is 0 Å². The Morgan fingerprint density at radius 2 is 1.57 bits per heavy atom. The number of hydrogen-bond donors (Lipinski definition) is 1. The van der Waals surface area contributed by atoms with E-state index in [1.165, 1.54) is 0 Å². The molecule has 0 saturated heterocycles. The molecule has 1 aliphatic rings. The SMILES string of the molecule is FC(F)(F)CCCC1=CCNc2c1ccc1c(CCCC(F)(F)F)ccnc21. The molecule has 8 heteroatoms. The molecule has 1 aromatic heterocycles. The van der Waals surface area contributed by atoms with Gasteiger partial charge in [-0.2, -0.15) is 26.3 Å². The van der Waals surface area contributed by atoms with Gasteiger partial charge < -0.3 is 5.32 Å². The Bertz CT molecular complexity index is 867. The van der Waals surface area contributed by atoms with E-state index in [2.05, 4.69) is 10.3 Å². The average Bonchev–Trinajstić information content (AvgIpc) is 2.59. The van der Waals surface area contributed by atoms with Crippen LogP contribution in [0.4, 0.5) is 32.0 Å². The lowest BCUT2D eigenvalue weighted by Gasteiger charge is -2.22. The molecular formula is C20H20F6N2. The highest BCUT2D eigenvalue weighted by molar-refractivity contribution is 5.99. The van der Waals surface area contributed by atoms with Crippen LogP contribution < -0.4 is 5.32 Å². The van der Waals surface area contributed by atoms with Crippen molar-refractivity contribution in [3.63, 3.8) is 0 Å². The fourth-order valence-electron chi connectivity index (χ4n) is 3.52. The highest BCUT2D eigenvalue weighted by atomic mass is 19.4. The summed E-state index contributed by atoms with van der Waals surface area (Å²) >= 11 is 0. The predicted molar refractivity (Wildman–Crippen MR) is 97.1 cm³/mol. The Morgan fingerprint density at radius 3 is 2.25 bits per heavy atom. The molecule has 2 heterocycles. The normalized spacial score (nSPS) is 14.6. The van der Waals surface area contributed by atoms with E-state index in [9.17, 15) is 26.3 Å². The maximum absolute atomic E-state index is 12.4. The summed E-state index contributed by atoms with van der Waals surface area (Å²) in [5.41, 5.74) is 3.81. The van der Waals surface area contributed by atoms with E-state index < -0.39 is 25.2 Å². The van der Waals surface area contributed by atoms with Gasteiger partial charge in [0, 0.05) is 36.5 Å². The van der Waals surface area contributed by atoms with Gasteiger partial charge in [0.25, 0.3) is 0 Å². The largest absolute Gasteiger partial charge is 0.389 e. The quantitative estimate of drug-likeness (QED) is 0.547. The first kappa shape index (κ1) is 20.5. The van der Waals surface area contributed by atoms with Gasteiger partial charge in [-0.3, -0.25) is 4.98 Å². The molecule has 152 valence electrons. The first-order valence-electron chi connectivity index (χ1n) is 9.11. The van der Waals surface area contributed by atoms with Crippen molar-refractivity contribution >= 4 is 22.2 Å². The lowest BCUT2D eigenvalue weighted by Crippen LogP contribution is -2.11. The Hall–Kier alpha value is -2.25. The monoisotopic (exact) mass is 402 g/mol. The number of fused-ring (bicyclic) bond motifs is 3. The summed E-state index contributed by atoms with van der Waals surface area (Å²) < 4.78 is 74.5. The zero-order chi connectivity index (χ0) is 20.4. The van der Waals surface area contributed by atoms with Crippen LogP contribution in [0.3, 0.4) is 0 Å². The summed E-state index contributed by atoms with van der Waals surface area (Å²) in [6.07, 6.45) is -5.99. The zero-order valence-electron chi connectivity index (χ0n) is 15.1. The van der Waals surface area contributed by atoms with Crippen LogP contribution in [-0.4, -0.2) is 23.9 Å². The molecule has 2 nitrogen and oxygen atoms in total. The molecule has 1 aromatic carbocycles. The average molecular weight is 402 g/mol. The third kappa shape index (κ3) is 5.17. The lowest BCUT2D eigenvalue weighted by atomic mass is 9.92. The summed E-state index contributed by atoms with van der Waals surface area (Å²) in [4.78, 5) is 4.37. The summed E-state index contributed by atoms with van der Waals surface area (Å²) in [6.45, 7) is 0.480. The summed E-state index contributed by atoms with van der Waals surface area (Å²) in [5, 5.41) is 3.98. The molecule has 0 unspecified atom stereocenters. The number of nitrogens with zero attached hydrogens (tertiary/aromatic N) is 1. The second-order valence-corrected chi connectivity index (χ2v) is 6.90. The minimum atomic E-state index is -4.18. The molecule has 1 N–H and O–H groups in total. The second-order valence-electron chi connectivity index (χ2n) is 6.90. The number of allylic oxidation sites excluding steroid dienone is 1. The van der Waals surface area contributed by atoms with Crippen LogP contribution >= 0.6 is 0 Å². The van der Waals surface area contributed by atoms with Crippen LogP contribution in [0.5, 0.6) is 0 Å². The topological polar surface area (TPSA) is 24.9 Å². The highest BCUT2D eigenvalue weighted by Crippen LogP contribution is 2.37. The van der Waals surface area contributed by atoms with Gasteiger partial charge >= 0.3 is 12.4 Å². The van der Waals surface area contributed by atoms with Gasteiger partial charge in [0.2, 0.25) is 0 Å². The van der Waals surface area contributed by atoms with E-state index in [1.54, 1.807) is 18.3 Å². The van der Waals surface area contributed by atoms with E-state index in [0.717, 1.165) is 27.8 Å². The van der Waals surface area contributed by atoms with Crippen LogP contribution in [0, 0.1) is 0 Å². The van der Waals surface area contributed by atoms with E-state index in [1.807, 2.05) is 12.1 Å². The fraction of sp³-hybridized carbons (Fsp3) is 0.450. The van der Waals surface area contributed by atoms with Gasteiger partial charge in [-0.05, 0) is 42.9 Å². The van der Waals surface area contributed by atoms with Gasteiger partial charge in [0.15, 0.2) is 0 Å². The molecule has 0 aliphatic carbocycles. The molecule has 0 amide bonds. The number of nitrogens with one attached hydrogen (secondary N) is 1. The van der Waals surface area contributed by atoms with Crippen LogP contribution in [-0.2, 0) is 6.42 Å². The number of hydrogen-bond acceptors (Lipinski definition) is 2. The molecule has 28 heavy (non-hydrogen) atoms. The third-order valence-electron chi connectivity index (χ3n) is 4.79. The molecule has 0 spiro atoms. The lowest BCUT2D eigenvalue weighted by molar-refractivity contribution is -0.136. The predicted octanol–water partition coefficient (Wildman–Crippen LogP) is 6.66. The van der Waals surface area contributed by atoms with E-state index in [-0.39, 0.29) is 19.3 Å². The molecule has 3 rings (SSSR count). The summed E-state index contributed by atoms with van der Waals surface area (Å²) in [6, 6.07) is 5.33. The van der Waals surface area contributed by atoms with Crippen LogP contribution in [0.1, 0.15) is 43.2 Å². The molecule has 0 atom stereocenters. The number of alkyl halides is 6. The summed E-state index contributed by atoms with van der Waals surface area (Å²) in [7, 11) is 0. The van der Waals surface area contributed by atoms with Crippen LogP contribution in [0.25, 0.3) is 16.5 Å². The fourth-order valence-corrected chi connectivity index (χ4v) is 3.52. The third-order valence-corrected chi connectivity index (χ3v) is 4.79. The van der Waals surface area contributed by atoms with Crippen molar-refractivity contribution in [2.45, 2.75) is 50.9 Å². The second kappa shape index (κ2) is 8.01. The smallest absolute Gasteiger partial charge is 0.379 e. The molecule has 0 radical (unpaired) electrons. The van der Waals surface area contributed by atoms with Gasteiger partial charge in [0.1, 0.15) is 0 Å². The highest BCUT2D eigenvalue weighted by Gasteiger charge is 2.27. The number of benzene rings is 1. The van der Waals surface area contributed by atoms with Gasteiger partial charge in [-0.25, -0.2) is 0 Å². The van der Waals surface area contributed by atoms with Gasteiger partial charge in [0.05, 0.1) is 11.2 Å². The number of anilines is 1. The van der Waals surface area contributed by atoms with E-state index in [0.29, 0.717) is 18.5 Å². The Labute approximate surface area is 158 Å². The van der Waals surface area contributed by atoms with Crippen LogP contribution in [0.15, 0.2) is 30.5 Å². The van der Waals surface area contributed by atoms with Crippen molar-refractivity contribution in [2.24, 2.45) is 0 Å². The molecule has 0 fully saturated rings. The number of rotatable bonds is 6. The first-order chi connectivity index (χ1) is 13.1. The number of pyridine rings is 1. The minimum Gasteiger partial charge on any atom is -0.379 e. The Morgan fingerprint density at radius 1 is 0.893 bits per heavy atom. The first-order valence-corrected chi connectivity index (χ1v) is 9.11. The maximum atomic E-state index is 12.4. The van der Waals surface area contributed by atoms with Crippen LogP contribution in [0.2, 0.25) is 0 Å². The number of halogens is 6. The molecular weight excluding hydrogens is 382 g/mol. The molecule has 0 bridgehead atoms. The Kier molecular flexibility index (Phi) is 5.86. The molecule has 2 aromatic rings.